The number of aryl methyl sites for hydroxylation is 2. The van der Waals surface area contributed by atoms with Crippen LogP contribution in [0.1, 0.15) is 56.3 Å². The first kappa shape index (κ1) is 14.0. The van der Waals surface area contributed by atoms with Crippen molar-refractivity contribution in [1.82, 2.24) is 9.97 Å². The third-order valence-electron chi connectivity index (χ3n) is 5.99. The van der Waals surface area contributed by atoms with Crippen LogP contribution in [0.25, 0.3) is 0 Å². The lowest BCUT2D eigenvalue weighted by Crippen LogP contribution is -2.46. The summed E-state index contributed by atoms with van der Waals surface area (Å²) in [6, 6.07) is 2.06. The van der Waals surface area contributed by atoms with Crippen LogP contribution in [0.3, 0.4) is 0 Å². The van der Waals surface area contributed by atoms with Gasteiger partial charge in [-0.15, -0.1) is 0 Å². The van der Waals surface area contributed by atoms with Crippen LogP contribution in [0.4, 0.5) is 0 Å². The molecule has 4 saturated carbocycles. The number of hydrogen-bond donors (Lipinski definition) is 0. The van der Waals surface area contributed by atoms with Gasteiger partial charge < -0.3 is 0 Å². The fourth-order valence-electron chi connectivity index (χ4n) is 5.71. The van der Waals surface area contributed by atoms with Crippen LogP contribution < -0.4 is 0 Å². The first-order chi connectivity index (χ1) is 10.1. The molecule has 0 atom stereocenters. The van der Waals surface area contributed by atoms with Crippen molar-refractivity contribution in [3.05, 3.63) is 17.5 Å². The normalized spacial score (nSPS) is 37.1. The SMILES string of the molecule is Cc1cc(C)nc(SCCC23CC4CC(CC(C4)C2)C3)n1. The number of thioether (sulfide) groups is 1. The number of rotatable bonds is 4. The lowest BCUT2D eigenvalue weighted by Gasteiger charge is -2.57. The maximum atomic E-state index is 4.57. The van der Waals surface area contributed by atoms with Gasteiger partial charge in [-0.25, -0.2) is 9.97 Å². The Kier molecular flexibility index (Phi) is 3.52. The highest BCUT2D eigenvalue weighted by atomic mass is 32.2. The molecule has 0 saturated heterocycles. The van der Waals surface area contributed by atoms with Gasteiger partial charge >= 0.3 is 0 Å². The first-order valence-electron chi connectivity index (χ1n) is 8.55. The molecule has 0 unspecified atom stereocenters. The summed E-state index contributed by atoms with van der Waals surface area (Å²) < 4.78 is 0. The van der Waals surface area contributed by atoms with Gasteiger partial charge in [-0.2, -0.15) is 0 Å². The Morgan fingerprint density at radius 1 is 1.00 bits per heavy atom. The molecule has 4 fully saturated rings. The molecule has 0 radical (unpaired) electrons. The molecule has 2 nitrogen and oxygen atoms in total. The third-order valence-corrected chi connectivity index (χ3v) is 6.84. The maximum absolute atomic E-state index is 4.57. The zero-order valence-corrected chi connectivity index (χ0v) is 14.1. The van der Waals surface area contributed by atoms with Crippen molar-refractivity contribution >= 4 is 11.8 Å². The minimum Gasteiger partial charge on any atom is -0.228 e. The van der Waals surface area contributed by atoms with E-state index in [1.807, 2.05) is 11.8 Å². The first-order valence-corrected chi connectivity index (χ1v) is 9.54. The largest absolute Gasteiger partial charge is 0.228 e. The Morgan fingerprint density at radius 3 is 2.05 bits per heavy atom. The van der Waals surface area contributed by atoms with Crippen molar-refractivity contribution in [2.75, 3.05) is 5.75 Å². The van der Waals surface area contributed by atoms with E-state index in [0.717, 1.165) is 34.3 Å². The van der Waals surface area contributed by atoms with Crippen LogP contribution in [-0.4, -0.2) is 15.7 Å². The van der Waals surface area contributed by atoms with Gasteiger partial charge in [0.15, 0.2) is 5.16 Å². The summed E-state index contributed by atoms with van der Waals surface area (Å²) in [6.45, 7) is 4.13. The molecule has 4 aliphatic carbocycles. The lowest BCUT2D eigenvalue weighted by atomic mass is 9.49. The minimum atomic E-state index is 0.695. The van der Waals surface area contributed by atoms with Gasteiger partial charge in [0.1, 0.15) is 0 Å². The zero-order valence-electron chi connectivity index (χ0n) is 13.3. The van der Waals surface area contributed by atoms with Crippen LogP contribution in [0, 0.1) is 37.0 Å². The summed E-state index contributed by atoms with van der Waals surface area (Å²) in [6.07, 6.45) is 10.6. The molecule has 0 spiro atoms. The van der Waals surface area contributed by atoms with Crippen molar-refractivity contribution in [1.29, 1.82) is 0 Å². The van der Waals surface area contributed by atoms with Crippen LogP contribution in [0.5, 0.6) is 0 Å². The highest BCUT2D eigenvalue weighted by molar-refractivity contribution is 7.99. The molecule has 0 N–H and O–H groups in total. The average Bonchev–Trinajstić information content (AvgIpc) is 2.35. The number of nitrogens with zero attached hydrogens (tertiary/aromatic N) is 2. The summed E-state index contributed by atoms with van der Waals surface area (Å²) in [5.74, 6) is 4.41. The second kappa shape index (κ2) is 5.26. The van der Waals surface area contributed by atoms with Crippen molar-refractivity contribution in [3.8, 4) is 0 Å². The second-order valence-corrected chi connectivity index (χ2v) is 9.01. The standard InChI is InChI=1S/C18H26N2S/c1-12-5-13(2)20-17(19-12)21-4-3-18-9-14-6-15(10-18)8-16(7-14)11-18/h5,14-16H,3-4,6-11H2,1-2H3. The average molecular weight is 302 g/mol. The van der Waals surface area contributed by atoms with Crippen molar-refractivity contribution < 1.29 is 0 Å². The van der Waals surface area contributed by atoms with E-state index in [9.17, 15) is 0 Å². The predicted molar refractivity (Wildman–Crippen MR) is 87.5 cm³/mol. The molecule has 114 valence electrons. The fourth-order valence-corrected chi connectivity index (χ4v) is 6.85. The monoisotopic (exact) mass is 302 g/mol. The summed E-state index contributed by atoms with van der Waals surface area (Å²) >= 11 is 1.88. The highest BCUT2D eigenvalue weighted by Crippen LogP contribution is 2.61. The van der Waals surface area contributed by atoms with E-state index in [-0.39, 0.29) is 0 Å². The van der Waals surface area contributed by atoms with E-state index in [1.165, 1.54) is 31.4 Å². The van der Waals surface area contributed by atoms with E-state index in [2.05, 4.69) is 29.9 Å². The molecular formula is C18H26N2S. The second-order valence-electron chi connectivity index (χ2n) is 7.95. The molecule has 0 aromatic carbocycles. The van der Waals surface area contributed by atoms with E-state index >= 15 is 0 Å². The topological polar surface area (TPSA) is 25.8 Å². The molecule has 21 heavy (non-hydrogen) atoms. The molecule has 4 aliphatic rings. The molecule has 1 aromatic heterocycles. The Labute approximate surface area is 132 Å². The van der Waals surface area contributed by atoms with E-state index < -0.39 is 0 Å². The summed E-state index contributed by atoms with van der Waals surface area (Å²) in [5.41, 5.74) is 2.89. The Morgan fingerprint density at radius 2 is 1.52 bits per heavy atom. The van der Waals surface area contributed by atoms with Crippen molar-refractivity contribution in [2.24, 2.45) is 23.2 Å². The molecule has 4 bridgehead atoms. The molecular weight excluding hydrogens is 276 g/mol. The molecule has 5 rings (SSSR count). The van der Waals surface area contributed by atoms with Gasteiger partial charge in [0.2, 0.25) is 0 Å². The Bertz CT molecular complexity index is 484. The summed E-state index contributed by atoms with van der Waals surface area (Å²) in [4.78, 5) is 9.14. The predicted octanol–water partition coefficient (Wildman–Crippen LogP) is 4.79. The highest BCUT2D eigenvalue weighted by Gasteiger charge is 2.50. The molecule has 1 heterocycles. The molecule has 3 heteroatoms. The third kappa shape index (κ3) is 2.86. The van der Waals surface area contributed by atoms with Crippen molar-refractivity contribution in [2.45, 2.75) is 63.9 Å². The van der Waals surface area contributed by atoms with E-state index in [0.29, 0.717) is 5.41 Å². The Balaban J connectivity index is 1.38. The van der Waals surface area contributed by atoms with Crippen LogP contribution in [0.15, 0.2) is 11.2 Å². The number of aromatic nitrogens is 2. The van der Waals surface area contributed by atoms with Crippen molar-refractivity contribution in [3.63, 3.8) is 0 Å². The van der Waals surface area contributed by atoms with E-state index in [1.54, 1.807) is 19.3 Å². The fraction of sp³-hybridized carbons (Fsp3) is 0.778. The zero-order chi connectivity index (χ0) is 14.4. The smallest absolute Gasteiger partial charge is 0.187 e. The molecule has 0 amide bonds. The summed E-state index contributed by atoms with van der Waals surface area (Å²) in [5, 5.41) is 0.984. The Hall–Kier alpha value is -0.570. The minimum absolute atomic E-state index is 0.695. The van der Waals surface area contributed by atoms with Gasteiger partial charge in [0, 0.05) is 17.1 Å². The van der Waals surface area contributed by atoms with Gasteiger partial charge in [-0.05, 0) is 88.0 Å². The van der Waals surface area contributed by atoms with E-state index in [4.69, 9.17) is 0 Å². The van der Waals surface area contributed by atoms with Gasteiger partial charge in [0.05, 0.1) is 0 Å². The van der Waals surface area contributed by atoms with Gasteiger partial charge in [0.25, 0.3) is 0 Å². The maximum Gasteiger partial charge on any atom is 0.187 e. The number of hydrogen-bond acceptors (Lipinski definition) is 3. The van der Waals surface area contributed by atoms with Crippen LogP contribution >= 0.6 is 11.8 Å². The summed E-state index contributed by atoms with van der Waals surface area (Å²) in [7, 11) is 0. The molecule has 0 aliphatic heterocycles. The quantitative estimate of drug-likeness (QED) is 0.590. The van der Waals surface area contributed by atoms with Crippen LogP contribution in [-0.2, 0) is 0 Å². The van der Waals surface area contributed by atoms with Gasteiger partial charge in [-0.1, -0.05) is 11.8 Å². The van der Waals surface area contributed by atoms with Gasteiger partial charge in [-0.3, -0.25) is 0 Å². The van der Waals surface area contributed by atoms with Crippen LogP contribution in [0.2, 0.25) is 0 Å². The molecule has 1 aromatic rings. The lowest BCUT2D eigenvalue weighted by molar-refractivity contribution is -0.0538.